The molecule has 0 saturated heterocycles. The first-order valence-electron chi connectivity index (χ1n) is 4.40. The van der Waals surface area contributed by atoms with Crippen molar-refractivity contribution in [1.29, 1.82) is 0 Å². The summed E-state index contributed by atoms with van der Waals surface area (Å²) in [6.45, 7) is 2.44. The molecule has 15 heavy (non-hydrogen) atoms. The Kier molecular flexibility index (Phi) is 4.42. The van der Waals surface area contributed by atoms with E-state index < -0.39 is 0 Å². The molecule has 1 aromatic carbocycles. The highest BCUT2D eigenvalue weighted by molar-refractivity contribution is 9.10. The van der Waals surface area contributed by atoms with Gasteiger partial charge in [-0.15, -0.1) is 0 Å². The summed E-state index contributed by atoms with van der Waals surface area (Å²) >= 11 is 3.34. The van der Waals surface area contributed by atoms with Crippen LogP contribution in [-0.2, 0) is 0 Å². The number of ether oxygens (including phenoxy) is 2. The van der Waals surface area contributed by atoms with Gasteiger partial charge in [0.05, 0.1) is 19.9 Å². The molecular formula is C10H12BrNO3. The first-order chi connectivity index (χ1) is 7.22. The van der Waals surface area contributed by atoms with E-state index in [1.165, 1.54) is 6.21 Å². The molecule has 1 aromatic rings. The van der Waals surface area contributed by atoms with Crippen molar-refractivity contribution >= 4 is 22.1 Å². The van der Waals surface area contributed by atoms with Crippen molar-refractivity contribution in [3.63, 3.8) is 0 Å². The molecule has 0 aliphatic carbocycles. The zero-order valence-corrected chi connectivity index (χ0v) is 10.1. The van der Waals surface area contributed by atoms with Crippen LogP contribution < -0.4 is 9.47 Å². The van der Waals surface area contributed by atoms with Crippen molar-refractivity contribution in [3.05, 3.63) is 22.2 Å². The zero-order chi connectivity index (χ0) is 11.3. The van der Waals surface area contributed by atoms with Gasteiger partial charge in [-0.2, -0.15) is 0 Å². The van der Waals surface area contributed by atoms with E-state index in [-0.39, 0.29) is 0 Å². The van der Waals surface area contributed by atoms with Crippen molar-refractivity contribution < 1.29 is 14.7 Å². The second-order valence-electron chi connectivity index (χ2n) is 2.70. The van der Waals surface area contributed by atoms with Gasteiger partial charge in [0.1, 0.15) is 0 Å². The summed E-state index contributed by atoms with van der Waals surface area (Å²) in [4.78, 5) is 0. The van der Waals surface area contributed by atoms with E-state index >= 15 is 0 Å². The van der Waals surface area contributed by atoms with Gasteiger partial charge in [0.2, 0.25) is 0 Å². The van der Waals surface area contributed by atoms with E-state index in [9.17, 15) is 0 Å². The monoisotopic (exact) mass is 273 g/mol. The topological polar surface area (TPSA) is 51.0 Å². The van der Waals surface area contributed by atoms with Crippen molar-refractivity contribution in [2.45, 2.75) is 6.92 Å². The van der Waals surface area contributed by atoms with E-state index in [0.29, 0.717) is 18.1 Å². The Hall–Kier alpha value is -1.23. The van der Waals surface area contributed by atoms with Crippen molar-refractivity contribution in [3.8, 4) is 11.5 Å². The van der Waals surface area contributed by atoms with Gasteiger partial charge < -0.3 is 14.7 Å². The second-order valence-corrected chi connectivity index (χ2v) is 3.56. The maximum Gasteiger partial charge on any atom is 0.161 e. The van der Waals surface area contributed by atoms with Crippen LogP contribution in [0.1, 0.15) is 12.5 Å². The lowest BCUT2D eigenvalue weighted by atomic mass is 10.2. The Bertz CT molecular complexity index is 366. The number of halogens is 1. The van der Waals surface area contributed by atoms with Gasteiger partial charge in [0.15, 0.2) is 11.5 Å². The molecule has 82 valence electrons. The molecule has 0 bridgehead atoms. The third-order valence-electron chi connectivity index (χ3n) is 1.78. The predicted octanol–water partition coefficient (Wildman–Crippen LogP) is 2.66. The van der Waals surface area contributed by atoms with Crippen molar-refractivity contribution in [2.75, 3.05) is 13.7 Å². The van der Waals surface area contributed by atoms with Gasteiger partial charge in [0.25, 0.3) is 0 Å². The number of oxime groups is 1. The van der Waals surface area contributed by atoms with Gasteiger partial charge >= 0.3 is 0 Å². The van der Waals surface area contributed by atoms with Gasteiger partial charge in [-0.05, 0) is 35.0 Å². The molecule has 0 unspecified atom stereocenters. The predicted molar refractivity (Wildman–Crippen MR) is 61.2 cm³/mol. The highest BCUT2D eigenvalue weighted by Crippen LogP contribution is 2.32. The maximum atomic E-state index is 8.47. The molecule has 0 aliphatic rings. The van der Waals surface area contributed by atoms with Crippen LogP contribution in [0.2, 0.25) is 0 Å². The molecule has 0 spiro atoms. The highest BCUT2D eigenvalue weighted by atomic mass is 79.9. The van der Waals surface area contributed by atoms with Crippen LogP contribution in [0.15, 0.2) is 21.8 Å². The smallest absolute Gasteiger partial charge is 0.161 e. The molecule has 0 heterocycles. The molecule has 1 N–H and O–H groups in total. The summed E-state index contributed by atoms with van der Waals surface area (Å²) in [5.74, 6) is 1.26. The van der Waals surface area contributed by atoms with Gasteiger partial charge in [0, 0.05) is 10.0 Å². The molecule has 0 aliphatic heterocycles. The Balaban J connectivity index is 3.17. The molecule has 0 amide bonds. The van der Waals surface area contributed by atoms with Crippen LogP contribution in [0.5, 0.6) is 11.5 Å². The summed E-state index contributed by atoms with van der Waals surface area (Å²) in [6, 6.07) is 3.51. The largest absolute Gasteiger partial charge is 0.493 e. The summed E-state index contributed by atoms with van der Waals surface area (Å²) < 4.78 is 11.3. The second kappa shape index (κ2) is 5.60. The fourth-order valence-electron chi connectivity index (χ4n) is 1.14. The number of hydrogen-bond acceptors (Lipinski definition) is 4. The van der Waals surface area contributed by atoms with E-state index in [1.54, 1.807) is 19.2 Å². The molecule has 5 heteroatoms. The summed E-state index contributed by atoms with van der Waals surface area (Å²) in [7, 11) is 1.57. The first-order valence-corrected chi connectivity index (χ1v) is 5.20. The summed E-state index contributed by atoms with van der Waals surface area (Å²) in [5.41, 5.74) is 0.724. The molecular weight excluding hydrogens is 262 g/mol. The molecule has 0 atom stereocenters. The average molecular weight is 274 g/mol. The molecule has 1 rings (SSSR count). The lowest BCUT2D eigenvalue weighted by Crippen LogP contribution is -1.97. The molecule has 0 fully saturated rings. The number of methoxy groups -OCH3 is 1. The van der Waals surface area contributed by atoms with E-state index in [1.807, 2.05) is 6.92 Å². The maximum absolute atomic E-state index is 8.47. The zero-order valence-electron chi connectivity index (χ0n) is 8.53. The Morgan fingerprint density at radius 1 is 1.47 bits per heavy atom. The van der Waals surface area contributed by atoms with Crippen LogP contribution >= 0.6 is 15.9 Å². The Morgan fingerprint density at radius 2 is 2.20 bits per heavy atom. The van der Waals surface area contributed by atoms with Gasteiger partial charge in [-0.3, -0.25) is 0 Å². The minimum Gasteiger partial charge on any atom is -0.493 e. The SMILES string of the molecule is CCOc1cc(/C=N\O)c(Br)cc1OC. The highest BCUT2D eigenvalue weighted by Gasteiger charge is 2.08. The quantitative estimate of drug-likeness (QED) is 0.521. The van der Waals surface area contributed by atoms with Crippen LogP contribution in [0, 0.1) is 0 Å². The molecule has 0 aromatic heterocycles. The van der Waals surface area contributed by atoms with Crippen LogP contribution in [0.3, 0.4) is 0 Å². The lowest BCUT2D eigenvalue weighted by molar-refractivity contribution is 0.310. The summed E-state index contributed by atoms with van der Waals surface area (Å²) in [6.07, 6.45) is 1.33. The fraction of sp³-hybridized carbons (Fsp3) is 0.300. The lowest BCUT2D eigenvalue weighted by Gasteiger charge is -2.10. The fourth-order valence-corrected chi connectivity index (χ4v) is 1.56. The number of benzene rings is 1. The Labute approximate surface area is 96.6 Å². The van der Waals surface area contributed by atoms with Gasteiger partial charge in [-0.1, -0.05) is 5.16 Å². The first kappa shape index (κ1) is 11.8. The van der Waals surface area contributed by atoms with Crippen LogP contribution in [0.4, 0.5) is 0 Å². The van der Waals surface area contributed by atoms with E-state index in [4.69, 9.17) is 14.7 Å². The van der Waals surface area contributed by atoms with Crippen LogP contribution in [0.25, 0.3) is 0 Å². The van der Waals surface area contributed by atoms with Crippen molar-refractivity contribution in [2.24, 2.45) is 5.16 Å². The standard InChI is InChI=1S/C10H12BrNO3/c1-3-15-10-4-7(6-12-13)8(11)5-9(10)14-2/h4-6,13H,3H2,1-2H3/b12-6-. The number of hydrogen-bond donors (Lipinski definition) is 1. The normalized spacial score (nSPS) is 10.6. The number of nitrogens with zero attached hydrogens (tertiary/aromatic N) is 1. The minimum absolute atomic E-state index is 0.549. The third-order valence-corrected chi connectivity index (χ3v) is 2.47. The van der Waals surface area contributed by atoms with E-state index in [0.717, 1.165) is 10.0 Å². The summed E-state index contributed by atoms with van der Waals surface area (Å²) in [5, 5.41) is 11.4. The molecule has 0 radical (unpaired) electrons. The van der Waals surface area contributed by atoms with Crippen molar-refractivity contribution in [1.82, 2.24) is 0 Å². The van der Waals surface area contributed by atoms with Crippen LogP contribution in [-0.4, -0.2) is 25.1 Å². The average Bonchev–Trinajstić information content (AvgIpc) is 2.23. The molecule has 4 nitrogen and oxygen atoms in total. The molecule has 0 saturated carbocycles. The van der Waals surface area contributed by atoms with Gasteiger partial charge in [-0.25, -0.2) is 0 Å². The van der Waals surface area contributed by atoms with E-state index in [2.05, 4.69) is 21.1 Å². The minimum atomic E-state index is 0.549. The third kappa shape index (κ3) is 2.86. The number of rotatable bonds is 4. The Morgan fingerprint density at radius 3 is 2.73 bits per heavy atom.